The van der Waals surface area contributed by atoms with Gasteiger partial charge in [-0.3, -0.25) is 0 Å². The van der Waals surface area contributed by atoms with Gasteiger partial charge in [-0.25, -0.2) is 0 Å². The van der Waals surface area contributed by atoms with E-state index in [9.17, 15) is 0 Å². The maximum Gasteiger partial charge on any atom is 0.109 e. The molecule has 0 radical (unpaired) electrons. The predicted octanol–water partition coefficient (Wildman–Crippen LogP) is 3.71. The standard InChI is InChI=1S/C14H18O/c1-3-7-11(8-4-1)13-14(15-13)12-9-5-2-6-10-12/h1,3-4,7-8,12-14H,2,5-6,9-10H2/t13-,14+/m0/s1. The van der Waals surface area contributed by atoms with Crippen LogP contribution >= 0.6 is 0 Å². The van der Waals surface area contributed by atoms with Gasteiger partial charge in [0.2, 0.25) is 0 Å². The van der Waals surface area contributed by atoms with Gasteiger partial charge in [-0.1, -0.05) is 49.6 Å². The Morgan fingerprint density at radius 2 is 1.67 bits per heavy atom. The summed E-state index contributed by atoms with van der Waals surface area (Å²) in [7, 11) is 0. The molecule has 1 aliphatic heterocycles. The van der Waals surface area contributed by atoms with Gasteiger partial charge in [-0.05, 0) is 24.3 Å². The number of hydrogen-bond donors (Lipinski definition) is 0. The van der Waals surface area contributed by atoms with Crippen LogP contribution in [0.4, 0.5) is 0 Å². The van der Waals surface area contributed by atoms with Crippen molar-refractivity contribution in [2.75, 3.05) is 0 Å². The van der Waals surface area contributed by atoms with E-state index in [2.05, 4.69) is 30.3 Å². The average molecular weight is 202 g/mol. The number of benzene rings is 1. The van der Waals surface area contributed by atoms with E-state index >= 15 is 0 Å². The molecule has 0 aromatic heterocycles. The van der Waals surface area contributed by atoms with Crippen molar-refractivity contribution < 1.29 is 4.74 Å². The molecule has 2 atom stereocenters. The summed E-state index contributed by atoms with van der Waals surface area (Å²) in [6, 6.07) is 10.7. The van der Waals surface area contributed by atoms with Crippen LogP contribution in [0.3, 0.4) is 0 Å². The first kappa shape index (κ1) is 9.41. The van der Waals surface area contributed by atoms with Gasteiger partial charge in [0.05, 0.1) is 6.10 Å². The molecule has 0 bridgehead atoms. The van der Waals surface area contributed by atoms with Gasteiger partial charge in [-0.2, -0.15) is 0 Å². The van der Waals surface area contributed by atoms with Crippen molar-refractivity contribution in [1.29, 1.82) is 0 Å². The lowest BCUT2D eigenvalue weighted by Gasteiger charge is -2.19. The van der Waals surface area contributed by atoms with E-state index in [0.717, 1.165) is 5.92 Å². The summed E-state index contributed by atoms with van der Waals surface area (Å²) in [5.74, 6) is 0.837. The SMILES string of the molecule is c1ccc([C@@H]2O[C@@H]2C2CCCCC2)cc1. The fourth-order valence-corrected chi connectivity index (χ4v) is 2.86. The molecule has 1 nitrogen and oxygen atoms in total. The van der Waals surface area contributed by atoms with Crippen LogP contribution in [0.1, 0.15) is 43.8 Å². The van der Waals surface area contributed by atoms with Gasteiger partial charge in [0.25, 0.3) is 0 Å². The van der Waals surface area contributed by atoms with E-state index in [0.29, 0.717) is 12.2 Å². The highest BCUT2D eigenvalue weighted by Crippen LogP contribution is 2.47. The Kier molecular flexibility index (Phi) is 2.49. The van der Waals surface area contributed by atoms with E-state index < -0.39 is 0 Å². The lowest BCUT2D eigenvalue weighted by molar-refractivity contribution is 0.262. The fourth-order valence-electron chi connectivity index (χ4n) is 2.86. The molecule has 15 heavy (non-hydrogen) atoms. The van der Waals surface area contributed by atoms with Crippen LogP contribution in [0.15, 0.2) is 30.3 Å². The third-order valence-electron chi connectivity index (χ3n) is 3.77. The number of hydrogen-bond acceptors (Lipinski definition) is 1. The molecular formula is C14H18O. The van der Waals surface area contributed by atoms with Gasteiger partial charge in [0.1, 0.15) is 6.10 Å². The molecule has 80 valence electrons. The van der Waals surface area contributed by atoms with Gasteiger partial charge < -0.3 is 4.74 Å². The Bertz CT molecular complexity index is 313. The Morgan fingerprint density at radius 3 is 2.40 bits per heavy atom. The van der Waals surface area contributed by atoms with Crippen LogP contribution in [-0.2, 0) is 4.74 Å². The Labute approximate surface area is 91.5 Å². The summed E-state index contributed by atoms with van der Waals surface area (Å²) in [6.07, 6.45) is 7.96. The van der Waals surface area contributed by atoms with E-state index in [1.807, 2.05) is 0 Å². The lowest BCUT2D eigenvalue weighted by atomic mass is 9.85. The maximum absolute atomic E-state index is 5.84. The molecule has 0 N–H and O–H groups in total. The molecule has 1 heteroatoms. The van der Waals surface area contributed by atoms with Gasteiger partial charge in [0.15, 0.2) is 0 Å². The second-order valence-corrected chi connectivity index (χ2v) is 4.83. The minimum absolute atomic E-state index is 0.411. The molecule has 1 saturated heterocycles. The molecule has 1 saturated carbocycles. The molecule has 3 rings (SSSR count). The van der Waals surface area contributed by atoms with Crippen molar-refractivity contribution in [2.24, 2.45) is 5.92 Å². The second kappa shape index (κ2) is 3.97. The zero-order chi connectivity index (χ0) is 10.1. The summed E-state index contributed by atoms with van der Waals surface area (Å²) in [6.45, 7) is 0. The highest BCUT2D eigenvalue weighted by Gasteiger charge is 2.45. The number of ether oxygens (including phenoxy) is 1. The third kappa shape index (κ3) is 1.93. The number of epoxide rings is 1. The zero-order valence-electron chi connectivity index (χ0n) is 9.06. The van der Waals surface area contributed by atoms with E-state index in [4.69, 9.17) is 4.74 Å². The fraction of sp³-hybridized carbons (Fsp3) is 0.571. The van der Waals surface area contributed by atoms with Crippen LogP contribution in [-0.4, -0.2) is 6.10 Å². The molecule has 1 heterocycles. The molecule has 1 aliphatic carbocycles. The summed E-state index contributed by atoms with van der Waals surface area (Å²) in [5, 5.41) is 0. The minimum atomic E-state index is 0.411. The van der Waals surface area contributed by atoms with Crippen molar-refractivity contribution >= 4 is 0 Å². The number of rotatable bonds is 2. The van der Waals surface area contributed by atoms with Crippen molar-refractivity contribution in [3.8, 4) is 0 Å². The molecule has 1 aromatic carbocycles. The monoisotopic (exact) mass is 202 g/mol. The molecule has 0 spiro atoms. The first-order chi connectivity index (χ1) is 7.45. The molecular weight excluding hydrogens is 184 g/mol. The molecule has 0 unspecified atom stereocenters. The maximum atomic E-state index is 5.84. The normalized spacial score (nSPS) is 31.5. The molecule has 0 amide bonds. The van der Waals surface area contributed by atoms with Crippen LogP contribution in [0.25, 0.3) is 0 Å². The van der Waals surface area contributed by atoms with Crippen LogP contribution < -0.4 is 0 Å². The zero-order valence-corrected chi connectivity index (χ0v) is 9.06. The Morgan fingerprint density at radius 1 is 0.933 bits per heavy atom. The summed E-state index contributed by atoms with van der Waals surface area (Å²) in [5.41, 5.74) is 1.37. The van der Waals surface area contributed by atoms with Crippen molar-refractivity contribution in [3.63, 3.8) is 0 Å². The lowest BCUT2D eigenvalue weighted by Crippen LogP contribution is -2.12. The summed E-state index contributed by atoms with van der Waals surface area (Å²) >= 11 is 0. The van der Waals surface area contributed by atoms with Crippen molar-refractivity contribution in [2.45, 2.75) is 44.3 Å². The summed E-state index contributed by atoms with van der Waals surface area (Å²) < 4.78 is 5.84. The largest absolute Gasteiger partial charge is 0.364 e. The molecule has 1 aromatic rings. The van der Waals surface area contributed by atoms with Gasteiger partial charge in [-0.15, -0.1) is 0 Å². The smallest absolute Gasteiger partial charge is 0.109 e. The third-order valence-corrected chi connectivity index (χ3v) is 3.77. The molecule has 2 fully saturated rings. The summed E-state index contributed by atoms with van der Waals surface area (Å²) in [4.78, 5) is 0. The molecule has 2 aliphatic rings. The van der Waals surface area contributed by atoms with Crippen molar-refractivity contribution in [1.82, 2.24) is 0 Å². The van der Waals surface area contributed by atoms with Gasteiger partial charge in [0, 0.05) is 0 Å². The van der Waals surface area contributed by atoms with E-state index in [-0.39, 0.29) is 0 Å². The van der Waals surface area contributed by atoms with E-state index in [1.54, 1.807) is 0 Å². The Balaban J connectivity index is 1.64. The Hall–Kier alpha value is -0.820. The van der Waals surface area contributed by atoms with Crippen molar-refractivity contribution in [3.05, 3.63) is 35.9 Å². The average Bonchev–Trinajstić information content (AvgIpc) is 3.11. The first-order valence-electron chi connectivity index (χ1n) is 6.15. The highest BCUT2D eigenvalue weighted by molar-refractivity contribution is 5.22. The van der Waals surface area contributed by atoms with Crippen LogP contribution in [0, 0.1) is 5.92 Å². The van der Waals surface area contributed by atoms with Gasteiger partial charge >= 0.3 is 0 Å². The topological polar surface area (TPSA) is 12.5 Å². The van der Waals surface area contributed by atoms with Crippen LogP contribution in [0.5, 0.6) is 0 Å². The van der Waals surface area contributed by atoms with E-state index in [1.165, 1.54) is 37.7 Å². The second-order valence-electron chi connectivity index (χ2n) is 4.83. The first-order valence-corrected chi connectivity index (χ1v) is 6.15. The minimum Gasteiger partial charge on any atom is -0.364 e. The predicted molar refractivity (Wildman–Crippen MR) is 60.6 cm³/mol. The van der Waals surface area contributed by atoms with Crippen LogP contribution in [0.2, 0.25) is 0 Å². The highest BCUT2D eigenvalue weighted by atomic mass is 16.6. The quantitative estimate of drug-likeness (QED) is 0.666.